The molecule has 6 nitrogen and oxygen atoms in total. The largest absolute Gasteiger partial charge is 0.497 e. The zero-order valence-corrected chi connectivity index (χ0v) is 17.1. The van der Waals surface area contributed by atoms with Gasteiger partial charge >= 0.3 is 5.97 Å². The van der Waals surface area contributed by atoms with Crippen molar-refractivity contribution in [2.75, 3.05) is 26.2 Å². The number of anilines is 1. The van der Waals surface area contributed by atoms with Crippen LogP contribution < -0.4 is 14.4 Å². The van der Waals surface area contributed by atoms with E-state index in [1.807, 2.05) is 31.2 Å². The van der Waals surface area contributed by atoms with Crippen LogP contribution in [0.4, 0.5) is 5.69 Å². The van der Waals surface area contributed by atoms with Gasteiger partial charge in [0.05, 0.1) is 32.5 Å². The predicted molar refractivity (Wildman–Crippen MR) is 111 cm³/mol. The number of esters is 1. The normalized spacial score (nSPS) is 15.1. The highest BCUT2D eigenvalue weighted by Gasteiger charge is 2.38. The number of hydrogen-bond donors (Lipinski definition) is 0. The number of benzene rings is 2. The van der Waals surface area contributed by atoms with E-state index in [0.29, 0.717) is 28.4 Å². The Bertz CT molecular complexity index is 1020. The highest BCUT2D eigenvalue weighted by molar-refractivity contribution is 6.23. The summed E-state index contributed by atoms with van der Waals surface area (Å²) in [6.45, 7) is 3.70. The zero-order valence-electron chi connectivity index (χ0n) is 17.1. The third-order valence-corrected chi connectivity index (χ3v) is 4.82. The molecule has 0 atom stereocenters. The molecule has 0 unspecified atom stereocenters. The van der Waals surface area contributed by atoms with Gasteiger partial charge in [0.25, 0.3) is 5.91 Å². The maximum absolute atomic E-state index is 13.3. The Hall–Kier alpha value is -3.54. The molecule has 29 heavy (non-hydrogen) atoms. The Morgan fingerprint density at radius 1 is 0.966 bits per heavy atom. The van der Waals surface area contributed by atoms with Gasteiger partial charge in [0, 0.05) is 16.9 Å². The number of nitrogens with zero attached hydrogens (tertiary/aromatic N) is 1. The number of allylic oxidation sites excluding steroid dienone is 1. The molecule has 1 heterocycles. The number of carbonyl (C=O) groups excluding carboxylic acids is 2. The molecule has 0 fully saturated rings. The molecule has 3 rings (SSSR count). The minimum Gasteiger partial charge on any atom is -0.497 e. The fraction of sp³-hybridized carbons (Fsp3) is 0.217. The number of methoxy groups -OCH3 is 3. The number of aryl methyl sites for hydroxylation is 1. The topological polar surface area (TPSA) is 65.1 Å². The van der Waals surface area contributed by atoms with Gasteiger partial charge in [-0.15, -0.1) is 0 Å². The minimum absolute atomic E-state index is 0.225. The van der Waals surface area contributed by atoms with E-state index >= 15 is 0 Å². The first-order valence-corrected chi connectivity index (χ1v) is 9.05. The molecule has 0 saturated carbocycles. The first kappa shape index (κ1) is 20.2. The second-order valence-electron chi connectivity index (χ2n) is 6.59. The summed E-state index contributed by atoms with van der Waals surface area (Å²) < 4.78 is 15.6. The predicted octanol–water partition coefficient (Wildman–Crippen LogP) is 3.89. The van der Waals surface area contributed by atoms with E-state index in [4.69, 9.17) is 14.2 Å². The summed E-state index contributed by atoms with van der Waals surface area (Å²) in [5, 5.41) is 0. The Labute approximate surface area is 170 Å². The van der Waals surface area contributed by atoms with Crippen LogP contribution in [-0.2, 0) is 14.3 Å². The second kappa shape index (κ2) is 8.22. The lowest BCUT2D eigenvalue weighted by Crippen LogP contribution is -2.24. The molecular formula is C23H23NO5. The molecule has 0 spiro atoms. The molecule has 2 aromatic carbocycles. The Morgan fingerprint density at radius 3 is 2.24 bits per heavy atom. The zero-order chi connectivity index (χ0) is 21.1. The minimum atomic E-state index is -0.571. The van der Waals surface area contributed by atoms with Gasteiger partial charge in [-0.3, -0.25) is 9.69 Å². The third kappa shape index (κ3) is 3.74. The van der Waals surface area contributed by atoms with Gasteiger partial charge in [-0.25, -0.2) is 4.79 Å². The van der Waals surface area contributed by atoms with E-state index in [9.17, 15) is 9.59 Å². The fourth-order valence-corrected chi connectivity index (χ4v) is 3.29. The van der Waals surface area contributed by atoms with Crippen LogP contribution in [-0.4, -0.2) is 33.2 Å². The smallest absolute Gasteiger partial charge is 0.340 e. The van der Waals surface area contributed by atoms with Gasteiger partial charge < -0.3 is 14.2 Å². The van der Waals surface area contributed by atoms with Crippen molar-refractivity contribution in [2.45, 2.75) is 13.8 Å². The van der Waals surface area contributed by atoms with Crippen molar-refractivity contribution in [1.82, 2.24) is 0 Å². The second-order valence-corrected chi connectivity index (χ2v) is 6.59. The first-order chi connectivity index (χ1) is 13.9. The lowest BCUT2D eigenvalue weighted by atomic mass is 10.0. The maximum atomic E-state index is 13.3. The summed E-state index contributed by atoms with van der Waals surface area (Å²) in [5.41, 5.74) is 3.35. The lowest BCUT2D eigenvalue weighted by Gasteiger charge is -2.18. The SMILES string of the molecule is COC(=O)C1=C(C)N(c2ccc(C)cc2)C(=O)/C1=C\c1cc(OC)ccc1OC. The van der Waals surface area contributed by atoms with Crippen molar-refractivity contribution in [3.63, 3.8) is 0 Å². The van der Waals surface area contributed by atoms with Crippen LogP contribution in [0.3, 0.4) is 0 Å². The number of amides is 1. The van der Waals surface area contributed by atoms with Crippen LogP contribution in [0.25, 0.3) is 6.08 Å². The molecule has 0 radical (unpaired) electrons. The monoisotopic (exact) mass is 393 g/mol. The molecule has 1 amide bonds. The van der Waals surface area contributed by atoms with E-state index in [2.05, 4.69) is 0 Å². The van der Waals surface area contributed by atoms with Crippen LogP contribution in [0.2, 0.25) is 0 Å². The van der Waals surface area contributed by atoms with Crippen molar-refractivity contribution < 1.29 is 23.8 Å². The number of carbonyl (C=O) groups is 2. The fourth-order valence-electron chi connectivity index (χ4n) is 3.29. The Balaban J connectivity index is 2.17. The Morgan fingerprint density at radius 2 is 1.66 bits per heavy atom. The van der Waals surface area contributed by atoms with Gasteiger partial charge in [0.15, 0.2) is 0 Å². The number of ether oxygens (including phenoxy) is 3. The van der Waals surface area contributed by atoms with Crippen molar-refractivity contribution in [2.24, 2.45) is 0 Å². The highest BCUT2D eigenvalue weighted by Crippen LogP contribution is 2.37. The van der Waals surface area contributed by atoms with E-state index in [0.717, 1.165) is 5.56 Å². The van der Waals surface area contributed by atoms with E-state index < -0.39 is 5.97 Å². The van der Waals surface area contributed by atoms with Gasteiger partial charge in [0.2, 0.25) is 0 Å². The molecule has 0 bridgehead atoms. The van der Waals surface area contributed by atoms with E-state index in [1.165, 1.54) is 12.0 Å². The molecule has 0 aromatic heterocycles. The van der Waals surface area contributed by atoms with Gasteiger partial charge in [-0.1, -0.05) is 17.7 Å². The maximum Gasteiger partial charge on any atom is 0.340 e. The van der Waals surface area contributed by atoms with Crippen LogP contribution in [0.5, 0.6) is 11.5 Å². The molecule has 1 aliphatic heterocycles. The van der Waals surface area contributed by atoms with Gasteiger partial charge in [0.1, 0.15) is 11.5 Å². The molecular weight excluding hydrogens is 370 g/mol. The molecule has 6 heteroatoms. The molecule has 0 aliphatic carbocycles. The summed E-state index contributed by atoms with van der Waals surface area (Å²) in [4.78, 5) is 27.4. The number of hydrogen-bond acceptors (Lipinski definition) is 5. The number of rotatable bonds is 5. The average molecular weight is 393 g/mol. The summed E-state index contributed by atoms with van der Waals surface area (Å²) in [5.74, 6) is 0.288. The van der Waals surface area contributed by atoms with Gasteiger partial charge in [-0.2, -0.15) is 0 Å². The highest BCUT2D eigenvalue weighted by atomic mass is 16.5. The Kier molecular flexibility index (Phi) is 5.73. The van der Waals surface area contributed by atoms with Crippen LogP contribution in [0.15, 0.2) is 59.3 Å². The van der Waals surface area contributed by atoms with Crippen molar-refractivity contribution in [3.8, 4) is 11.5 Å². The summed E-state index contributed by atoms with van der Waals surface area (Å²) >= 11 is 0. The van der Waals surface area contributed by atoms with E-state index in [1.54, 1.807) is 45.4 Å². The third-order valence-electron chi connectivity index (χ3n) is 4.82. The molecule has 0 N–H and O–H groups in total. The average Bonchev–Trinajstić information content (AvgIpc) is 2.97. The van der Waals surface area contributed by atoms with Crippen molar-refractivity contribution in [1.29, 1.82) is 0 Å². The first-order valence-electron chi connectivity index (χ1n) is 9.05. The summed E-state index contributed by atoms with van der Waals surface area (Å²) in [7, 11) is 4.40. The quantitative estimate of drug-likeness (QED) is 0.570. The summed E-state index contributed by atoms with van der Waals surface area (Å²) in [6, 6.07) is 12.8. The van der Waals surface area contributed by atoms with Crippen molar-refractivity contribution >= 4 is 23.6 Å². The lowest BCUT2D eigenvalue weighted by molar-refractivity contribution is -0.136. The molecule has 1 aliphatic rings. The van der Waals surface area contributed by atoms with Crippen LogP contribution >= 0.6 is 0 Å². The van der Waals surface area contributed by atoms with E-state index in [-0.39, 0.29) is 17.1 Å². The summed E-state index contributed by atoms with van der Waals surface area (Å²) in [6.07, 6.45) is 1.63. The van der Waals surface area contributed by atoms with Crippen LogP contribution in [0.1, 0.15) is 18.1 Å². The van der Waals surface area contributed by atoms with Gasteiger partial charge in [-0.05, 0) is 50.3 Å². The molecule has 0 saturated heterocycles. The van der Waals surface area contributed by atoms with Crippen LogP contribution in [0, 0.1) is 6.92 Å². The van der Waals surface area contributed by atoms with Crippen molar-refractivity contribution in [3.05, 3.63) is 70.4 Å². The molecule has 2 aromatic rings. The standard InChI is InChI=1S/C23H23NO5/c1-14-6-8-17(9-7-14)24-15(2)21(23(26)29-5)19(22(24)25)13-16-12-18(27-3)10-11-20(16)28-4/h6-13H,1-5H3/b19-13-. The molecule has 150 valence electrons.